The summed E-state index contributed by atoms with van der Waals surface area (Å²) in [7, 11) is 0. The Morgan fingerprint density at radius 1 is 0.683 bits per heavy atom. The molecule has 0 radical (unpaired) electrons. The molecule has 2 aliphatic rings. The van der Waals surface area contributed by atoms with E-state index in [1.54, 1.807) is 72.8 Å². The fraction of sp³-hybridized carbons (Fsp3) is 0.176. The van der Waals surface area contributed by atoms with Crippen LogP contribution in [-0.2, 0) is 0 Å². The summed E-state index contributed by atoms with van der Waals surface area (Å²) in [4.78, 5) is 25.5. The van der Waals surface area contributed by atoms with Crippen molar-refractivity contribution in [2.75, 3.05) is 0 Å². The molecular weight excluding hydrogens is 518 g/mol. The van der Waals surface area contributed by atoms with Crippen molar-refractivity contribution in [2.45, 2.75) is 38.0 Å². The number of ether oxygens (including phenoxy) is 2. The molecule has 7 rings (SSSR count). The maximum atomic E-state index is 12.9. The summed E-state index contributed by atoms with van der Waals surface area (Å²) in [5.41, 5.74) is 4.15. The summed E-state index contributed by atoms with van der Waals surface area (Å²) in [6.45, 7) is 1.96. The molecule has 2 atom stereocenters. The van der Waals surface area contributed by atoms with Crippen molar-refractivity contribution in [1.82, 2.24) is 4.57 Å². The largest absolute Gasteiger partial charge is 0.494 e. The second kappa shape index (κ2) is 9.55. The molecule has 204 valence electrons. The van der Waals surface area contributed by atoms with Crippen LogP contribution >= 0.6 is 0 Å². The molecule has 4 aromatic carbocycles. The number of hydrogen-bond acceptors (Lipinski definition) is 6. The number of fused-ring (bicyclic) bond motifs is 6. The Balaban J connectivity index is 1.06. The van der Waals surface area contributed by atoms with Gasteiger partial charge >= 0.3 is 11.9 Å². The van der Waals surface area contributed by atoms with E-state index in [1.165, 1.54) is 4.57 Å². The van der Waals surface area contributed by atoms with Gasteiger partial charge in [0, 0.05) is 11.1 Å². The van der Waals surface area contributed by atoms with Gasteiger partial charge in [0.15, 0.2) is 0 Å². The van der Waals surface area contributed by atoms with Gasteiger partial charge in [0.05, 0.1) is 16.8 Å². The number of esters is 2. The lowest BCUT2D eigenvalue weighted by Crippen LogP contribution is -2.09. The first-order valence-electron chi connectivity index (χ1n) is 13.7. The summed E-state index contributed by atoms with van der Waals surface area (Å²) in [5, 5.41) is 23.4. The number of rotatable bonds is 5. The zero-order valence-corrected chi connectivity index (χ0v) is 22.3. The van der Waals surface area contributed by atoms with E-state index in [0.717, 1.165) is 46.7 Å². The molecule has 2 N–H and O–H groups in total. The molecule has 7 nitrogen and oxygen atoms in total. The van der Waals surface area contributed by atoms with E-state index in [-0.39, 0.29) is 11.8 Å². The number of benzene rings is 4. The van der Waals surface area contributed by atoms with Crippen molar-refractivity contribution in [1.29, 1.82) is 0 Å². The SMILES string of the molecule is Cc1ccc(OC(=O)c2ccc3cc(OC(=O)c4ccc(-n5c(O)c6c(c5O)C5CCC6C5)cc4)ccc3c2)cc1. The number of carbonyl (C=O) groups excluding carboxylic acids is 2. The Kier molecular flexibility index (Phi) is 5.82. The number of aromatic hydroxyl groups is 2. The maximum absolute atomic E-state index is 12.9. The van der Waals surface area contributed by atoms with E-state index >= 15 is 0 Å². The van der Waals surface area contributed by atoms with Gasteiger partial charge in [-0.25, -0.2) is 9.59 Å². The maximum Gasteiger partial charge on any atom is 0.343 e. The highest BCUT2D eigenvalue weighted by atomic mass is 16.5. The number of aryl methyl sites for hydroxylation is 1. The van der Waals surface area contributed by atoms with E-state index in [0.29, 0.717) is 40.1 Å². The number of nitrogens with zero attached hydrogens (tertiary/aromatic N) is 1. The van der Waals surface area contributed by atoms with Crippen LogP contribution in [0.5, 0.6) is 23.3 Å². The Labute approximate surface area is 236 Å². The molecule has 0 saturated heterocycles. The van der Waals surface area contributed by atoms with Crippen molar-refractivity contribution in [3.05, 3.63) is 113 Å². The Morgan fingerprint density at radius 3 is 1.90 bits per heavy atom. The van der Waals surface area contributed by atoms with Gasteiger partial charge in [-0.1, -0.05) is 29.8 Å². The van der Waals surface area contributed by atoms with Crippen LogP contribution in [0, 0.1) is 6.92 Å². The van der Waals surface area contributed by atoms with Crippen LogP contribution in [0.3, 0.4) is 0 Å². The molecule has 5 aromatic rings. The summed E-state index contributed by atoms with van der Waals surface area (Å²) in [5.74, 6) is 0.645. The molecule has 2 aliphatic carbocycles. The Morgan fingerprint density at radius 2 is 1.22 bits per heavy atom. The van der Waals surface area contributed by atoms with E-state index in [1.807, 2.05) is 19.1 Å². The highest BCUT2D eigenvalue weighted by Gasteiger charge is 2.44. The number of aromatic nitrogens is 1. The Hall–Kier alpha value is -5.04. The van der Waals surface area contributed by atoms with E-state index in [2.05, 4.69) is 0 Å². The van der Waals surface area contributed by atoms with Crippen molar-refractivity contribution in [2.24, 2.45) is 0 Å². The summed E-state index contributed by atoms with van der Waals surface area (Å²) < 4.78 is 12.5. The second-order valence-corrected chi connectivity index (χ2v) is 10.9. The number of hydrogen-bond donors (Lipinski definition) is 2. The lowest BCUT2D eigenvalue weighted by Gasteiger charge is -2.11. The van der Waals surface area contributed by atoms with Gasteiger partial charge in [0.2, 0.25) is 11.8 Å². The normalized spacial score (nSPS) is 17.0. The van der Waals surface area contributed by atoms with Gasteiger partial charge < -0.3 is 19.7 Å². The van der Waals surface area contributed by atoms with Gasteiger partial charge in [-0.05, 0) is 109 Å². The summed E-state index contributed by atoms with van der Waals surface area (Å²) in [6.07, 6.45) is 3.07. The quantitative estimate of drug-likeness (QED) is 0.180. The van der Waals surface area contributed by atoms with Crippen LogP contribution in [0.15, 0.2) is 84.9 Å². The lowest BCUT2D eigenvalue weighted by molar-refractivity contribution is 0.0725. The molecule has 1 heterocycles. The first kappa shape index (κ1) is 25.0. The fourth-order valence-electron chi connectivity index (χ4n) is 6.24. The monoisotopic (exact) mass is 545 g/mol. The molecule has 7 heteroatoms. The van der Waals surface area contributed by atoms with Gasteiger partial charge in [-0.3, -0.25) is 4.57 Å². The van der Waals surface area contributed by atoms with Crippen LogP contribution in [0.25, 0.3) is 16.5 Å². The molecular formula is C34H27NO6. The average molecular weight is 546 g/mol. The molecule has 0 amide bonds. The van der Waals surface area contributed by atoms with Gasteiger partial charge in [-0.15, -0.1) is 0 Å². The highest BCUT2D eigenvalue weighted by Crippen LogP contribution is 2.60. The molecule has 0 aliphatic heterocycles. The first-order chi connectivity index (χ1) is 19.9. The van der Waals surface area contributed by atoms with Gasteiger partial charge in [0.1, 0.15) is 11.5 Å². The zero-order valence-electron chi connectivity index (χ0n) is 22.3. The van der Waals surface area contributed by atoms with Crippen LogP contribution in [-0.4, -0.2) is 26.7 Å². The van der Waals surface area contributed by atoms with Crippen molar-refractivity contribution in [3.8, 4) is 28.9 Å². The standard InChI is InChI=1S/C34H27NO6/c1-19-2-13-27(14-3-19)40-34(39)25-7-4-22-18-28(15-10-21(22)16-25)41-33(38)20-8-11-26(12-9-20)35-31(36)29-23-5-6-24(17-23)30(29)32(35)37/h2-4,7-16,18,23-24,36-37H,5-6,17H2,1H3. The molecule has 1 fully saturated rings. The summed E-state index contributed by atoms with van der Waals surface area (Å²) in [6, 6.07) is 24.3. The molecule has 2 bridgehead atoms. The van der Waals surface area contributed by atoms with Crippen LogP contribution in [0.4, 0.5) is 0 Å². The minimum atomic E-state index is -0.532. The topological polar surface area (TPSA) is 98.0 Å². The van der Waals surface area contributed by atoms with E-state index < -0.39 is 11.9 Å². The van der Waals surface area contributed by atoms with Crippen molar-refractivity contribution in [3.63, 3.8) is 0 Å². The van der Waals surface area contributed by atoms with E-state index in [9.17, 15) is 19.8 Å². The van der Waals surface area contributed by atoms with Crippen molar-refractivity contribution < 1.29 is 29.3 Å². The van der Waals surface area contributed by atoms with Crippen LogP contribution in [0.2, 0.25) is 0 Å². The van der Waals surface area contributed by atoms with Gasteiger partial charge in [0.25, 0.3) is 0 Å². The minimum absolute atomic E-state index is 0.0859. The van der Waals surface area contributed by atoms with E-state index in [4.69, 9.17) is 9.47 Å². The lowest BCUT2D eigenvalue weighted by atomic mass is 9.95. The molecule has 1 aromatic heterocycles. The predicted molar refractivity (Wildman–Crippen MR) is 153 cm³/mol. The smallest absolute Gasteiger partial charge is 0.343 e. The fourth-order valence-corrected chi connectivity index (χ4v) is 6.24. The molecule has 41 heavy (non-hydrogen) atoms. The molecule has 0 spiro atoms. The predicted octanol–water partition coefficient (Wildman–Crippen LogP) is 7.15. The Bertz CT molecular complexity index is 1800. The zero-order chi connectivity index (χ0) is 28.2. The third kappa shape index (κ3) is 4.30. The van der Waals surface area contributed by atoms with Crippen molar-refractivity contribution >= 4 is 22.7 Å². The van der Waals surface area contributed by atoms with Crippen LogP contribution < -0.4 is 9.47 Å². The second-order valence-electron chi connectivity index (χ2n) is 10.9. The first-order valence-corrected chi connectivity index (χ1v) is 13.7. The third-order valence-corrected chi connectivity index (χ3v) is 8.30. The summed E-state index contributed by atoms with van der Waals surface area (Å²) >= 11 is 0. The number of carbonyl (C=O) groups is 2. The average Bonchev–Trinajstić information content (AvgIpc) is 3.67. The highest BCUT2D eigenvalue weighted by molar-refractivity contribution is 5.97. The van der Waals surface area contributed by atoms with Gasteiger partial charge in [-0.2, -0.15) is 0 Å². The third-order valence-electron chi connectivity index (χ3n) is 8.30. The molecule has 1 saturated carbocycles. The van der Waals surface area contributed by atoms with Crippen LogP contribution in [0.1, 0.15) is 68.5 Å². The molecule has 2 unspecified atom stereocenters. The minimum Gasteiger partial charge on any atom is -0.494 e.